The standard InChI is InChI=1S/C16H13ClN4O/c17-14-8-4-7-13(9-14)10-15-19-20-16(22)21(15)18-11-12-5-2-1-3-6-12/h1-9,11H,10H2,(H,20,22)/b18-11+. The van der Waals surface area contributed by atoms with Gasteiger partial charge in [0.1, 0.15) is 0 Å². The van der Waals surface area contributed by atoms with Crippen molar-refractivity contribution in [3.05, 3.63) is 87.1 Å². The molecule has 3 rings (SSSR count). The van der Waals surface area contributed by atoms with Crippen molar-refractivity contribution in [3.8, 4) is 0 Å². The van der Waals surface area contributed by atoms with E-state index in [1.165, 1.54) is 4.68 Å². The molecule has 0 saturated carbocycles. The Bertz CT molecular complexity index is 852. The van der Waals surface area contributed by atoms with Crippen LogP contribution in [0.3, 0.4) is 0 Å². The molecule has 1 aromatic heterocycles. The summed E-state index contributed by atoms with van der Waals surface area (Å²) in [6.07, 6.45) is 2.09. The average Bonchev–Trinajstić information content (AvgIpc) is 2.86. The molecule has 0 aliphatic rings. The first-order chi connectivity index (χ1) is 10.7. The Hall–Kier alpha value is -2.66. The Kier molecular flexibility index (Phi) is 4.16. The molecule has 0 amide bonds. The zero-order chi connectivity index (χ0) is 15.4. The maximum absolute atomic E-state index is 11.8. The minimum absolute atomic E-state index is 0.371. The van der Waals surface area contributed by atoms with E-state index in [1.807, 2.05) is 48.5 Å². The average molecular weight is 313 g/mol. The fourth-order valence-corrected chi connectivity index (χ4v) is 2.26. The van der Waals surface area contributed by atoms with Crippen LogP contribution in [-0.2, 0) is 6.42 Å². The second kappa shape index (κ2) is 6.41. The minimum atomic E-state index is -0.371. The lowest BCUT2D eigenvalue weighted by molar-refractivity contribution is 0.775. The quantitative estimate of drug-likeness (QED) is 0.753. The highest BCUT2D eigenvalue weighted by molar-refractivity contribution is 6.30. The zero-order valence-electron chi connectivity index (χ0n) is 11.6. The molecular formula is C16H13ClN4O. The Morgan fingerprint density at radius 3 is 2.77 bits per heavy atom. The van der Waals surface area contributed by atoms with Gasteiger partial charge in [0.05, 0.1) is 6.21 Å². The van der Waals surface area contributed by atoms with E-state index in [0.29, 0.717) is 17.3 Å². The molecule has 110 valence electrons. The van der Waals surface area contributed by atoms with Crippen molar-refractivity contribution < 1.29 is 0 Å². The molecular weight excluding hydrogens is 300 g/mol. The molecule has 0 unspecified atom stereocenters. The summed E-state index contributed by atoms with van der Waals surface area (Å²) in [6, 6.07) is 17.0. The van der Waals surface area contributed by atoms with E-state index in [9.17, 15) is 4.79 Å². The predicted octanol–water partition coefficient (Wildman–Crippen LogP) is 2.70. The van der Waals surface area contributed by atoms with Gasteiger partial charge >= 0.3 is 5.69 Å². The molecule has 0 aliphatic carbocycles. The predicted molar refractivity (Wildman–Crippen MR) is 86.5 cm³/mol. The summed E-state index contributed by atoms with van der Waals surface area (Å²) in [5, 5.41) is 11.3. The summed E-state index contributed by atoms with van der Waals surface area (Å²) >= 11 is 5.97. The number of hydrogen-bond donors (Lipinski definition) is 1. The van der Waals surface area contributed by atoms with Crippen LogP contribution in [0.4, 0.5) is 0 Å². The van der Waals surface area contributed by atoms with Crippen molar-refractivity contribution in [1.82, 2.24) is 14.9 Å². The van der Waals surface area contributed by atoms with E-state index >= 15 is 0 Å². The lowest BCUT2D eigenvalue weighted by Gasteiger charge is -2.01. The van der Waals surface area contributed by atoms with Gasteiger partial charge < -0.3 is 0 Å². The number of benzene rings is 2. The van der Waals surface area contributed by atoms with Gasteiger partial charge in [0, 0.05) is 11.4 Å². The smallest absolute Gasteiger partial charge is 0.244 e. The van der Waals surface area contributed by atoms with Crippen LogP contribution >= 0.6 is 11.6 Å². The van der Waals surface area contributed by atoms with Gasteiger partial charge in [0.2, 0.25) is 0 Å². The van der Waals surface area contributed by atoms with Gasteiger partial charge in [0.25, 0.3) is 0 Å². The maximum atomic E-state index is 11.8. The molecule has 1 heterocycles. The molecule has 3 aromatic rings. The lowest BCUT2D eigenvalue weighted by atomic mass is 10.1. The first-order valence-corrected chi connectivity index (χ1v) is 7.10. The van der Waals surface area contributed by atoms with Crippen LogP contribution in [0.5, 0.6) is 0 Å². The van der Waals surface area contributed by atoms with Crippen LogP contribution in [-0.4, -0.2) is 21.1 Å². The number of aromatic amines is 1. The van der Waals surface area contributed by atoms with Gasteiger partial charge in [-0.3, -0.25) is 0 Å². The normalized spacial score (nSPS) is 11.1. The highest BCUT2D eigenvalue weighted by Gasteiger charge is 2.08. The Labute approximate surface area is 131 Å². The van der Waals surface area contributed by atoms with E-state index in [-0.39, 0.29) is 5.69 Å². The summed E-state index contributed by atoms with van der Waals surface area (Å²) in [5.41, 5.74) is 1.50. The van der Waals surface area contributed by atoms with E-state index in [2.05, 4.69) is 15.3 Å². The first-order valence-electron chi connectivity index (χ1n) is 6.72. The van der Waals surface area contributed by atoms with Gasteiger partial charge in [0.15, 0.2) is 5.82 Å². The summed E-state index contributed by atoms with van der Waals surface area (Å²) in [5.74, 6) is 0.527. The molecule has 0 saturated heterocycles. The molecule has 1 N–H and O–H groups in total. The molecule has 5 nitrogen and oxygen atoms in total. The lowest BCUT2D eigenvalue weighted by Crippen LogP contribution is -2.15. The van der Waals surface area contributed by atoms with Crippen molar-refractivity contribution in [2.75, 3.05) is 0 Å². The molecule has 0 radical (unpaired) electrons. The third-order valence-electron chi connectivity index (χ3n) is 3.09. The van der Waals surface area contributed by atoms with Crippen LogP contribution in [0.2, 0.25) is 5.02 Å². The monoisotopic (exact) mass is 312 g/mol. The van der Waals surface area contributed by atoms with Crippen molar-refractivity contribution in [3.63, 3.8) is 0 Å². The minimum Gasteiger partial charge on any atom is -0.244 e. The highest BCUT2D eigenvalue weighted by atomic mass is 35.5. The molecule has 0 spiro atoms. The van der Waals surface area contributed by atoms with Crippen molar-refractivity contribution in [2.24, 2.45) is 5.10 Å². The van der Waals surface area contributed by atoms with Crippen LogP contribution < -0.4 is 5.69 Å². The van der Waals surface area contributed by atoms with Gasteiger partial charge in [-0.2, -0.15) is 14.9 Å². The van der Waals surface area contributed by atoms with Gasteiger partial charge in [-0.1, -0.05) is 54.1 Å². The first kappa shape index (κ1) is 14.3. The van der Waals surface area contributed by atoms with Gasteiger partial charge in [-0.05, 0) is 23.3 Å². The Morgan fingerprint density at radius 2 is 2.00 bits per heavy atom. The second-order valence-electron chi connectivity index (χ2n) is 4.72. The third kappa shape index (κ3) is 3.32. The fourth-order valence-electron chi connectivity index (χ4n) is 2.05. The van der Waals surface area contributed by atoms with E-state index in [4.69, 9.17) is 11.6 Å². The van der Waals surface area contributed by atoms with E-state index in [0.717, 1.165) is 11.1 Å². The number of hydrogen-bond acceptors (Lipinski definition) is 3. The highest BCUT2D eigenvalue weighted by Crippen LogP contribution is 2.13. The number of H-pyrrole nitrogens is 1. The summed E-state index contributed by atoms with van der Waals surface area (Å²) in [7, 11) is 0. The number of rotatable bonds is 4. The maximum Gasteiger partial charge on any atom is 0.364 e. The van der Waals surface area contributed by atoms with Crippen LogP contribution in [0.25, 0.3) is 0 Å². The topological polar surface area (TPSA) is 63.0 Å². The third-order valence-corrected chi connectivity index (χ3v) is 3.33. The Morgan fingerprint density at radius 1 is 1.18 bits per heavy atom. The van der Waals surface area contributed by atoms with Crippen LogP contribution in [0.15, 0.2) is 64.5 Å². The van der Waals surface area contributed by atoms with Gasteiger partial charge in [-0.15, -0.1) is 0 Å². The number of halogens is 1. The molecule has 0 aliphatic heterocycles. The van der Waals surface area contributed by atoms with Crippen LogP contribution in [0.1, 0.15) is 17.0 Å². The van der Waals surface area contributed by atoms with Crippen molar-refractivity contribution in [2.45, 2.75) is 6.42 Å². The molecule has 0 bridgehead atoms. The molecule has 22 heavy (non-hydrogen) atoms. The number of nitrogens with zero attached hydrogens (tertiary/aromatic N) is 3. The van der Waals surface area contributed by atoms with Gasteiger partial charge in [-0.25, -0.2) is 9.89 Å². The molecule has 0 fully saturated rings. The Balaban J connectivity index is 1.88. The SMILES string of the molecule is O=c1[nH]nc(Cc2cccc(Cl)c2)n1/N=C/c1ccccc1. The number of aromatic nitrogens is 3. The summed E-state index contributed by atoms with van der Waals surface area (Å²) < 4.78 is 1.26. The summed E-state index contributed by atoms with van der Waals surface area (Å²) in [6.45, 7) is 0. The second-order valence-corrected chi connectivity index (χ2v) is 5.16. The molecule has 2 aromatic carbocycles. The van der Waals surface area contributed by atoms with Crippen LogP contribution in [0, 0.1) is 0 Å². The largest absolute Gasteiger partial charge is 0.364 e. The van der Waals surface area contributed by atoms with E-state index < -0.39 is 0 Å². The number of nitrogens with one attached hydrogen (secondary N) is 1. The molecule has 6 heteroatoms. The fraction of sp³-hybridized carbons (Fsp3) is 0.0625. The van der Waals surface area contributed by atoms with Crippen molar-refractivity contribution in [1.29, 1.82) is 0 Å². The summed E-state index contributed by atoms with van der Waals surface area (Å²) in [4.78, 5) is 11.8. The van der Waals surface area contributed by atoms with Crippen molar-refractivity contribution >= 4 is 17.8 Å². The molecule has 0 atom stereocenters. The van der Waals surface area contributed by atoms with E-state index in [1.54, 1.807) is 12.3 Å². The zero-order valence-corrected chi connectivity index (χ0v) is 12.4.